The maximum Gasteiger partial charge on any atom is 0.335 e. The fourth-order valence-electron chi connectivity index (χ4n) is 1.28. The summed E-state index contributed by atoms with van der Waals surface area (Å²) in [5, 5.41) is 9.40. The Bertz CT molecular complexity index is 557. The molecule has 0 atom stereocenters. The molecule has 0 saturated heterocycles. The Hall–Kier alpha value is -1.77. The lowest BCUT2D eigenvalue weighted by molar-refractivity contribution is 0.0697. The van der Waals surface area contributed by atoms with E-state index in [0.29, 0.717) is 10.9 Å². The van der Waals surface area contributed by atoms with Crippen molar-refractivity contribution in [1.82, 2.24) is 4.57 Å². The Morgan fingerprint density at radius 1 is 1.54 bits per heavy atom. The summed E-state index contributed by atoms with van der Waals surface area (Å²) in [6.45, 7) is -2.24. The van der Waals surface area contributed by atoms with Crippen molar-refractivity contribution in [2.75, 3.05) is 0 Å². The number of hydrogen-bond donors (Lipinski definition) is 1. The molecule has 2 aromatic rings. The molecule has 1 N–H and O–H groups in total. The standard InChI is InChI=1S/C10H9NO2/c1-11-5-4-7-6-8(10(12)13)2-3-9(7)11/h2-6H,1H3,(H,12,13)/i1D3. The number of carboxylic acid groups (broad SMARTS) is 1. The highest BCUT2D eigenvalue weighted by atomic mass is 16.4. The van der Waals surface area contributed by atoms with Gasteiger partial charge in [-0.15, -0.1) is 0 Å². The van der Waals surface area contributed by atoms with E-state index in [1.165, 1.54) is 24.4 Å². The van der Waals surface area contributed by atoms with Gasteiger partial charge in [-0.3, -0.25) is 0 Å². The maximum atomic E-state index is 10.7. The van der Waals surface area contributed by atoms with Crippen molar-refractivity contribution in [2.24, 2.45) is 6.98 Å². The van der Waals surface area contributed by atoms with Crippen molar-refractivity contribution in [1.29, 1.82) is 0 Å². The van der Waals surface area contributed by atoms with Gasteiger partial charge in [0.05, 0.1) is 5.56 Å². The van der Waals surface area contributed by atoms with Gasteiger partial charge in [-0.05, 0) is 24.3 Å². The molecule has 0 radical (unpaired) electrons. The van der Waals surface area contributed by atoms with E-state index in [1.807, 2.05) is 0 Å². The summed E-state index contributed by atoms with van der Waals surface area (Å²) >= 11 is 0. The molecule has 66 valence electrons. The Balaban J connectivity index is 2.64. The van der Waals surface area contributed by atoms with E-state index in [4.69, 9.17) is 9.22 Å². The zero-order valence-corrected chi connectivity index (χ0v) is 6.69. The SMILES string of the molecule is [2H]C([2H])([2H])n1ccc2cc(C(=O)O)ccc21. The van der Waals surface area contributed by atoms with E-state index < -0.39 is 12.9 Å². The molecule has 0 aliphatic rings. The zero-order chi connectivity index (χ0) is 11.9. The molecule has 0 amide bonds. The molecule has 3 nitrogen and oxygen atoms in total. The van der Waals surface area contributed by atoms with E-state index in [9.17, 15) is 4.79 Å². The van der Waals surface area contributed by atoms with Gasteiger partial charge in [-0.1, -0.05) is 0 Å². The number of hydrogen-bond acceptors (Lipinski definition) is 1. The van der Waals surface area contributed by atoms with E-state index in [0.717, 1.165) is 4.57 Å². The Labute approximate surface area is 79.4 Å². The minimum atomic E-state index is -2.24. The molecule has 1 aromatic heterocycles. The second-order valence-electron chi connectivity index (χ2n) is 2.76. The highest BCUT2D eigenvalue weighted by Gasteiger charge is 2.04. The first-order chi connectivity index (χ1) is 7.39. The van der Waals surface area contributed by atoms with E-state index in [-0.39, 0.29) is 5.56 Å². The minimum absolute atomic E-state index is 0.149. The van der Waals surface area contributed by atoms with Crippen LogP contribution in [0, 0.1) is 0 Å². The normalized spacial score (nSPS) is 14.9. The second kappa shape index (κ2) is 2.62. The molecule has 13 heavy (non-hydrogen) atoms. The average Bonchev–Trinajstić information content (AvgIpc) is 2.58. The predicted molar refractivity (Wildman–Crippen MR) is 49.9 cm³/mol. The fourth-order valence-corrected chi connectivity index (χ4v) is 1.28. The van der Waals surface area contributed by atoms with Gasteiger partial charge in [0.2, 0.25) is 0 Å². The van der Waals surface area contributed by atoms with Gasteiger partial charge in [0.15, 0.2) is 0 Å². The van der Waals surface area contributed by atoms with Crippen LogP contribution >= 0.6 is 0 Å². The van der Waals surface area contributed by atoms with Crippen LogP contribution in [0.15, 0.2) is 30.5 Å². The molecule has 0 bridgehead atoms. The minimum Gasteiger partial charge on any atom is -0.478 e. The first kappa shape index (κ1) is 5.07. The summed E-state index contributed by atoms with van der Waals surface area (Å²) in [6, 6.07) is 5.95. The second-order valence-corrected chi connectivity index (χ2v) is 2.76. The van der Waals surface area contributed by atoms with E-state index >= 15 is 0 Å². The number of aromatic nitrogens is 1. The number of aryl methyl sites for hydroxylation is 1. The van der Waals surface area contributed by atoms with Crippen molar-refractivity contribution in [2.45, 2.75) is 0 Å². The topological polar surface area (TPSA) is 42.2 Å². The summed E-state index contributed by atoms with van der Waals surface area (Å²) in [5.41, 5.74) is 0.654. The number of fused-ring (bicyclic) bond motifs is 1. The Morgan fingerprint density at radius 3 is 3.08 bits per heavy atom. The lowest BCUT2D eigenvalue weighted by Crippen LogP contribution is -1.95. The van der Waals surface area contributed by atoms with Crippen LogP contribution in [-0.2, 0) is 6.98 Å². The molecule has 0 spiro atoms. The van der Waals surface area contributed by atoms with E-state index in [2.05, 4.69) is 0 Å². The van der Waals surface area contributed by atoms with Crippen LogP contribution in [0.3, 0.4) is 0 Å². The first-order valence-electron chi connectivity index (χ1n) is 5.24. The number of aromatic carboxylic acids is 1. The van der Waals surface area contributed by atoms with Crippen molar-refractivity contribution >= 4 is 16.9 Å². The number of benzene rings is 1. The number of carbonyl (C=O) groups is 1. The quantitative estimate of drug-likeness (QED) is 0.724. The molecule has 3 heteroatoms. The third-order valence-electron chi connectivity index (χ3n) is 1.94. The molecular weight excluding hydrogens is 166 g/mol. The van der Waals surface area contributed by atoms with Crippen LogP contribution in [-0.4, -0.2) is 15.6 Å². The van der Waals surface area contributed by atoms with Gasteiger partial charge in [-0.25, -0.2) is 4.79 Å². The lowest BCUT2D eigenvalue weighted by atomic mass is 10.1. The molecule has 0 aliphatic heterocycles. The number of carboxylic acids is 1. The summed E-state index contributed by atoms with van der Waals surface area (Å²) in [4.78, 5) is 10.7. The Morgan fingerprint density at radius 2 is 2.38 bits per heavy atom. The first-order valence-corrected chi connectivity index (χ1v) is 3.74. The van der Waals surface area contributed by atoms with Gasteiger partial charge >= 0.3 is 5.97 Å². The van der Waals surface area contributed by atoms with Crippen LogP contribution in [0.25, 0.3) is 10.9 Å². The van der Waals surface area contributed by atoms with Crippen molar-refractivity contribution in [3.8, 4) is 0 Å². The highest BCUT2D eigenvalue weighted by Crippen LogP contribution is 2.16. The van der Waals surface area contributed by atoms with Crippen LogP contribution < -0.4 is 0 Å². The van der Waals surface area contributed by atoms with Gasteiger partial charge in [0.25, 0.3) is 0 Å². The third kappa shape index (κ3) is 1.18. The van der Waals surface area contributed by atoms with Crippen molar-refractivity contribution in [3.05, 3.63) is 36.0 Å². The molecule has 1 aromatic carbocycles. The molecular formula is C10H9NO2. The largest absolute Gasteiger partial charge is 0.478 e. The van der Waals surface area contributed by atoms with Crippen LogP contribution in [0.4, 0.5) is 0 Å². The third-order valence-corrected chi connectivity index (χ3v) is 1.94. The zero-order valence-electron chi connectivity index (χ0n) is 9.69. The van der Waals surface area contributed by atoms with Crippen molar-refractivity contribution in [3.63, 3.8) is 0 Å². The monoisotopic (exact) mass is 178 g/mol. The lowest BCUT2D eigenvalue weighted by Gasteiger charge is -1.97. The molecule has 0 aliphatic carbocycles. The summed E-state index contributed by atoms with van der Waals surface area (Å²) in [5.74, 6) is -1.02. The molecule has 0 saturated carbocycles. The number of nitrogens with zero attached hydrogens (tertiary/aromatic N) is 1. The fraction of sp³-hybridized carbons (Fsp3) is 0.100. The predicted octanol–water partition coefficient (Wildman–Crippen LogP) is 1.88. The average molecular weight is 178 g/mol. The summed E-state index contributed by atoms with van der Waals surface area (Å²) in [6.07, 6.45) is 1.43. The smallest absolute Gasteiger partial charge is 0.335 e. The van der Waals surface area contributed by atoms with Crippen LogP contribution in [0.2, 0.25) is 0 Å². The summed E-state index contributed by atoms with van der Waals surface area (Å²) < 4.78 is 23.0. The Kier molecular flexibility index (Phi) is 1.02. The van der Waals surface area contributed by atoms with Crippen molar-refractivity contribution < 1.29 is 14.0 Å². The van der Waals surface area contributed by atoms with Gasteiger partial charge < -0.3 is 9.67 Å². The molecule has 0 unspecified atom stereocenters. The van der Waals surface area contributed by atoms with E-state index in [1.54, 1.807) is 6.07 Å². The van der Waals surface area contributed by atoms with Gasteiger partial charge in [0, 0.05) is 28.2 Å². The molecule has 1 heterocycles. The molecule has 0 fully saturated rings. The maximum absolute atomic E-state index is 10.7. The molecule has 2 rings (SSSR count). The van der Waals surface area contributed by atoms with Gasteiger partial charge in [0.1, 0.15) is 0 Å². The highest BCUT2D eigenvalue weighted by molar-refractivity contribution is 5.93. The van der Waals surface area contributed by atoms with Gasteiger partial charge in [-0.2, -0.15) is 0 Å². The van der Waals surface area contributed by atoms with Crippen LogP contribution in [0.5, 0.6) is 0 Å². The van der Waals surface area contributed by atoms with Crippen LogP contribution in [0.1, 0.15) is 14.5 Å². The summed E-state index contributed by atoms with van der Waals surface area (Å²) in [7, 11) is 0. The number of rotatable bonds is 1.